The summed E-state index contributed by atoms with van der Waals surface area (Å²) in [5.41, 5.74) is 2.68. The summed E-state index contributed by atoms with van der Waals surface area (Å²) in [6.45, 7) is 4.51. The smallest absolute Gasteiger partial charge is 0.228 e. The van der Waals surface area contributed by atoms with Crippen LogP contribution in [0.3, 0.4) is 0 Å². The van der Waals surface area contributed by atoms with Gasteiger partial charge in [-0.3, -0.25) is 4.99 Å². The van der Waals surface area contributed by atoms with Crippen LogP contribution in [0.4, 0.5) is 11.4 Å². The van der Waals surface area contributed by atoms with E-state index < -0.39 is 5.72 Å². The van der Waals surface area contributed by atoms with Gasteiger partial charge in [-0.05, 0) is 36.4 Å². The molecule has 1 spiro atoms. The maximum absolute atomic E-state index is 6.77. The first-order valence-corrected chi connectivity index (χ1v) is 9.20. The van der Waals surface area contributed by atoms with E-state index in [0.717, 1.165) is 23.2 Å². The number of aliphatic imine (C=N–C) groups is 1. The Hall–Kier alpha value is -2.81. The van der Waals surface area contributed by atoms with E-state index >= 15 is 0 Å². The maximum Gasteiger partial charge on any atom is 0.228 e. The first-order chi connectivity index (χ1) is 12.6. The molecule has 0 radical (unpaired) electrons. The van der Waals surface area contributed by atoms with Gasteiger partial charge in [0.15, 0.2) is 0 Å². The average molecular weight is 342 g/mol. The molecule has 0 aliphatic carbocycles. The van der Waals surface area contributed by atoms with Gasteiger partial charge in [0.25, 0.3) is 0 Å². The van der Waals surface area contributed by atoms with Crippen LogP contribution >= 0.6 is 0 Å². The van der Waals surface area contributed by atoms with E-state index in [4.69, 9.17) is 9.73 Å². The third-order valence-corrected chi connectivity index (χ3v) is 6.35. The summed E-state index contributed by atoms with van der Waals surface area (Å²) in [5, 5.41) is 2.32. The predicted molar refractivity (Wildman–Crippen MR) is 108 cm³/mol. The SMILES string of the molecule is CCC1(C)c2ccccc2N(C)C12C=Nc1c(ccc3ccccc13)O2. The van der Waals surface area contributed by atoms with E-state index in [9.17, 15) is 0 Å². The summed E-state index contributed by atoms with van der Waals surface area (Å²) in [4.78, 5) is 7.19. The Morgan fingerprint density at radius 3 is 2.62 bits per heavy atom. The monoisotopic (exact) mass is 342 g/mol. The van der Waals surface area contributed by atoms with Crippen molar-refractivity contribution in [3.05, 3.63) is 66.2 Å². The van der Waals surface area contributed by atoms with Gasteiger partial charge in [-0.25, -0.2) is 0 Å². The third-order valence-electron chi connectivity index (χ3n) is 6.35. The highest BCUT2D eigenvalue weighted by Crippen LogP contribution is 2.55. The summed E-state index contributed by atoms with van der Waals surface area (Å²) < 4.78 is 6.77. The van der Waals surface area contributed by atoms with E-state index in [0.29, 0.717) is 0 Å². The first-order valence-electron chi connectivity index (χ1n) is 9.20. The zero-order valence-corrected chi connectivity index (χ0v) is 15.4. The Kier molecular flexibility index (Phi) is 3.03. The second-order valence-corrected chi connectivity index (χ2v) is 7.45. The zero-order valence-electron chi connectivity index (χ0n) is 15.4. The van der Waals surface area contributed by atoms with Crippen molar-refractivity contribution in [1.82, 2.24) is 0 Å². The molecule has 3 heteroatoms. The van der Waals surface area contributed by atoms with Gasteiger partial charge in [-0.2, -0.15) is 0 Å². The number of para-hydroxylation sites is 1. The molecule has 3 nitrogen and oxygen atoms in total. The lowest BCUT2D eigenvalue weighted by molar-refractivity contribution is 0.0706. The molecule has 2 aliphatic rings. The van der Waals surface area contributed by atoms with E-state index in [1.165, 1.54) is 16.6 Å². The van der Waals surface area contributed by atoms with Gasteiger partial charge >= 0.3 is 0 Å². The largest absolute Gasteiger partial charge is 0.459 e. The summed E-state index contributed by atoms with van der Waals surface area (Å²) in [6, 6.07) is 21.1. The molecule has 130 valence electrons. The number of likely N-dealkylation sites (N-methyl/N-ethyl adjacent to an activating group) is 1. The molecule has 2 aliphatic heterocycles. The fraction of sp³-hybridized carbons (Fsp3) is 0.261. The minimum Gasteiger partial charge on any atom is -0.459 e. The van der Waals surface area contributed by atoms with Crippen molar-refractivity contribution < 1.29 is 4.74 Å². The van der Waals surface area contributed by atoms with Crippen LogP contribution in [-0.2, 0) is 5.41 Å². The Labute approximate surface area is 153 Å². The van der Waals surface area contributed by atoms with Gasteiger partial charge in [0.05, 0.1) is 11.6 Å². The molecular weight excluding hydrogens is 320 g/mol. The molecule has 5 rings (SSSR count). The maximum atomic E-state index is 6.77. The molecule has 2 atom stereocenters. The minimum atomic E-state index is -0.610. The Balaban J connectivity index is 1.73. The van der Waals surface area contributed by atoms with Gasteiger partial charge in [-0.1, -0.05) is 55.5 Å². The standard InChI is InChI=1S/C23H22N2O/c1-4-22(2)18-11-7-8-12-19(18)25(3)23(22)15-24-21-17-10-6-5-9-16(17)13-14-20(21)26-23/h5-15H,4H2,1-3H3. The van der Waals surface area contributed by atoms with Gasteiger partial charge in [0.2, 0.25) is 5.72 Å². The third kappa shape index (κ3) is 1.70. The number of nitrogens with zero attached hydrogens (tertiary/aromatic N) is 2. The summed E-state index contributed by atoms with van der Waals surface area (Å²) >= 11 is 0. The number of hydrogen-bond acceptors (Lipinski definition) is 3. The van der Waals surface area contributed by atoms with E-state index in [1.54, 1.807) is 0 Å². The van der Waals surface area contributed by atoms with Crippen LogP contribution in [-0.4, -0.2) is 19.0 Å². The molecule has 0 saturated heterocycles. The van der Waals surface area contributed by atoms with Gasteiger partial charge in [0.1, 0.15) is 11.4 Å². The van der Waals surface area contributed by atoms with Crippen LogP contribution in [0.2, 0.25) is 0 Å². The van der Waals surface area contributed by atoms with E-state index in [2.05, 4.69) is 86.5 Å². The minimum absolute atomic E-state index is 0.175. The van der Waals surface area contributed by atoms with Crippen LogP contribution in [0.5, 0.6) is 5.75 Å². The average Bonchev–Trinajstić information content (AvgIpc) is 2.88. The highest BCUT2D eigenvalue weighted by atomic mass is 16.5. The Morgan fingerprint density at radius 1 is 1.00 bits per heavy atom. The highest BCUT2D eigenvalue weighted by Gasteiger charge is 2.60. The van der Waals surface area contributed by atoms with Crippen LogP contribution in [0, 0.1) is 0 Å². The van der Waals surface area contributed by atoms with E-state index in [1.807, 2.05) is 6.21 Å². The quantitative estimate of drug-likeness (QED) is 0.587. The zero-order chi connectivity index (χ0) is 17.9. The molecule has 0 aromatic heterocycles. The van der Waals surface area contributed by atoms with Crippen molar-refractivity contribution >= 4 is 28.4 Å². The van der Waals surface area contributed by atoms with Crippen LogP contribution < -0.4 is 9.64 Å². The fourth-order valence-electron chi connectivity index (χ4n) is 4.63. The van der Waals surface area contributed by atoms with Crippen molar-refractivity contribution in [3.63, 3.8) is 0 Å². The van der Waals surface area contributed by atoms with Crippen LogP contribution in [0.1, 0.15) is 25.8 Å². The number of anilines is 1. The predicted octanol–water partition coefficient (Wildman–Crippen LogP) is 5.45. The number of fused-ring (bicyclic) bond motifs is 4. The number of ether oxygens (including phenoxy) is 1. The number of benzene rings is 3. The molecule has 3 aromatic carbocycles. The molecule has 3 aromatic rings. The van der Waals surface area contributed by atoms with Gasteiger partial charge in [-0.15, -0.1) is 0 Å². The van der Waals surface area contributed by atoms with Gasteiger partial charge in [0, 0.05) is 18.1 Å². The van der Waals surface area contributed by atoms with Crippen LogP contribution in [0.25, 0.3) is 10.8 Å². The van der Waals surface area contributed by atoms with Gasteiger partial charge < -0.3 is 9.64 Å². The Bertz CT molecular complexity index is 1060. The highest BCUT2D eigenvalue weighted by molar-refractivity contribution is 5.99. The second-order valence-electron chi connectivity index (χ2n) is 7.45. The second kappa shape index (κ2) is 5.10. The molecule has 0 bridgehead atoms. The summed E-state index contributed by atoms with van der Waals surface area (Å²) in [5.74, 6) is 0.852. The lowest BCUT2D eigenvalue weighted by Gasteiger charge is -2.46. The van der Waals surface area contributed by atoms with Crippen LogP contribution in [0.15, 0.2) is 65.7 Å². The lowest BCUT2D eigenvalue weighted by Crippen LogP contribution is -2.61. The molecule has 0 amide bonds. The van der Waals surface area contributed by atoms with Crippen molar-refractivity contribution in [2.24, 2.45) is 4.99 Å². The molecule has 2 unspecified atom stereocenters. The molecule has 2 heterocycles. The summed E-state index contributed by atoms with van der Waals surface area (Å²) in [7, 11) is 2.11. The molecule has 26 heavy (non-hydrogen) atoms. The van der Waals surface area contributed by atoms with Crippen molar-refractivity contribution in [2.45, 2.75) is 31.4 Å². The molecule has 0 fully saturated rings. The molecule has 0 N–H and O–H groups in total. The first kappa shape index (κ1) is 15.4. The Morgan fingerprint density at radius 2 is 1.77 bits per heavy atom. The van der Waals surface area contributed by atoms with Crippen molar-refractivity contribution in [2.75, 3.05) is 11.9 Å². The van der Waals surface area contributed by atoms with E-state index in [-0.39, 0.29) is 5.41 Å². The topological polar surface area (TPSA) is 24.8 Å². The lowest BCUT2D eigenvalue weighted by atomic mass is 9.73. The fourth-order valence-corrected chi connectivity index (χ4v) is 4.63. The van der Waals surface area contributed by atoms with Crippen molar-refractivity contribution in [3.8, 4) is 5.75 Å². The summed E-state index contributed by atoms with van der Waals surface area (Å²) in [6.07, 6.45) is 2.98. The molecular formula is C23H22N2O. The molecule has 0 saturated carbocycles. The van der Waals surface area contributed by atoms with Crippen molar-refractivity contribution in [1.29, 1.82) is 0 Å². The normalized spacial score (nSPS) is 26.0. The number of rotatable bonds is 1. The number of hydrogen-bond donors (Lipinski definition) is 0.